The van der Waals surface area contributed by atoms with E-state index in [4.69, 9.17) is 0 Å². The summed E-state index contributed by atoms with van der Waals surface area (Å²) in [5, 5.41) is 6.46. The Bertz CT molecular complexity index is 433. The second kappa shape index (κ2) is 7.14. The minimum atomic E-state index is -0.182. The molecule has 0 unspecified atom stereocenters. The lowest BCUT2D eigenvalue weighted by molar-refractivity contribution is -0.127. The molecule has 2 rings (SSSR count). The van der Waals surface area contributed by atoms with Crippen LogP contribution in [0, 0.1) is 5.41 Å². The molecule has 1 aromatic rings. The summed E-state index contributed by atoms with van der Waals surface area (Å²) in [7, 11) is 0. The predicted octanol–water partition coefficient (Wildman–Crippen LogP) is 3.52. The first-order valence-electron chi connectivity index (χ1n) is 7.36. The third-order valence-electron chi connectivity index (χ3n) is 4.12. The summed E-state index contributed by atoms with van der Waals surface area (Å²) in [4.78, 5) is 13.9. The highest BCUT2D eigenvalue weighted by Crippen LogP contribution is 2.35. The molecular weight excluding hydrogens is 268 g/mol. The predicted molar refractivity (Wildman–Crippen MR) is 86.3 cm³/mol. The fraction of sp³-hybridized carbons (Fsp3) is 0.562. The molecule has 1 aliphatic rings. The lowest BCUT2D eigenvalue weighted by Crippen LogP contribution is -2.44. The SMILES string of the molecule is CCCC1(C(=O)Nc2ccc(SC)cc2)CCNCC1. The molecule has 0 atom stereocenters. The first-order valence-corrected chi connectivity index (χ1v) is 8.59. The average Bonchev–Trinajstić information content (AvgIpc) is 2.49. The lowest BCUT2D eigenvalue weighted by Gasteiger charge is -2.36. The van der Waals surface area contributed by atoms with Gasteiger partial charge in [-0.15, -0.1) is 11.8 Å². The van der Waals surface area contributed by atoms with Crippen molar-refractivity contribution < 1.29 is 4.79 Å². The van der Waals surface area contributed by atoms with E-state index in [9.17, 15) is 4.79 Å². The number of carbonyl (C=O) groups is 1. The normalized spacial score (nSPS) is 17.7. The van der Waals surface area contributed by atoms with Crippen LogP contribution < -0.4 is 10.6 Å². The molecule has 1 aliphatic heterocycles. The number of benzene rings is 1. The van der Waals surface area contributed by atoms with Gasteiger partial charge in [-0.3, -0.25) is 4.79 Å². The fourth-order valence-electron chi connectivity index (χ4n) is 2.91. The topological polar surface area (TPSA) is 41.1 Å². The summed E-state index contributed by atoms with van der Waals surface area (Å²) < 4.78 is 0. The van der Waals surface area contributed by atoms with Crippen LogP contribution in [0.4, 0.5) is 5.69 Å². The zero-order valence-corrected chi connectivity index (χ0v) is 13.2. The molecule has 1 amide bonds. The average molecular weight is 292 g/mol. The molecule has 1 fully saturated rings. The highest BCUT2D eigenvalue weighted by Gasteiger charge is 2.38. The zero-order valence-electron chi connectivity index (χ0n) is 12.4. The van der Waals surface area contributed by atoms with Crippen molar-refractivity contribution in [1.82, 2.24) is 5.32 Å². The molecule has 1 heterocycles. The van der Waals surface area contributed by atoms with Crippen molar-refractivity contribution >= 4 is 23.4 Å². The van der Waals surface area contributed by atoms with Crippen molar-refractivity contribution in [2.24, 2.45) is 5.41 Å². The number of piperidine rings is 1. The van der Waals surface area contributed by atoms with Crippen LogP contribution in [0.2, 0.25) is 0 Å². The Morgan fingerprint density at radius 2 is 1.95 bits per heavy atom. The molecule has 20 heavy (non-hydrogen) atoms. The van der Waals surface area contributed by atoms with Gasteiger partial charge in [0.1, 0.15) is 0 Å². The van der Waals surface area contributed by atoms with Gasteiger partial charge in [0, 0.05) is 10.6 Å². The van der Waals surface area contributed by atoms with Gasteiger partial charge in [0.15, 0.2) is 0 Å². The molecule has 0 spiro atoms. The minimum Gasteiger partial charge on any atom is -0.326 e. The van der Waals surface area contributed by atoms with E-state index in [-0.39, 0.29) is 11.3 Å². The molecule has 4 heteroatoms. The van der Waals surface area contributed by atoms with Crippen LogP contribution in [0.5, 0.6) is 0 Å². The number of anilines is 1. The van der Waals surface area contributed by atoms with Gasteiger partial charge in [-0.05, 0) is 62.9 Å². The smallest absolute Gasteiger partial charge is 0.230 e. The molecule has 110 valence electrons. The maximum Gasteiger partial charge on any atom is 0.230 e. The summed E-state index contributed by atoms with van der Waals surface area (Å²) in [6.07, 6.45) is 5.96. The van der Waals surface area contributed by atoms with Gasteiger partial charge >= 0.3 is 0 Å². The third-order valence-corrected chi connectivity index (χ3v) is 4.86. The summed E-state index contributed by atoms with van der Waals surface area (Å²) in [5.41, 5.74) is 0.722. The highest BCUT2D eigenvalue weighted by atomic mass is 32.2. The van der Waals surface area contributed by atoms with Crippen molar-refractivity contribution in [2.45, 2.75) is 37.5 Å². The first kappa shape index (κ1) is 15.4. The number of nitrogens with one attached hydrogen (secondary N) is 2. The van der Waals surface area contributed by atoms with E-state index in [1.54, 1.807) is 11.8 Å². The molecule has 0 aromatic heterocycles. The number of rotatable bonds is 5. The molecule has 1 saturated heterocycles. The van der Waals surface area contributed by atoms with Crippen LogP contribution in [-0.2, 0) is 4.79 Å². The number of amides is 1. The zero-order chi connectivity index (χ0) is 14.4. The molecule has 0 aliphatic carbocycles. The van der Waals surface area contributed by atoms with Crippen molar-refractivity contribution in [3.63, 3.8) is 0 Å². The van der Waals surface area contributed by atoms with Crippen LogP contribution in [0.1, 0.15) is 32.6 Å². The maximum absolute atomic E-state index is 12.7. The van der Waals surface area contributed by atoms with Crippen LogP contribution in [0.3, 0.4) is 0 Å². The van der Waals surface area contributed by atoms with E-state index < -0.39 is 0 Å². The van der Waals surface area contributed by atoms with Crippen LogP contribution in [0.25, 0.3) is 0 Å². The number of thioether (sulfide) groups is 1. The fourth-order valence-corrected chi connectivity index (χ4v) is 3.32. The number of hydrogen-bond donors (Lipinski definition) is 2. The van der Waals surface area contributed by atoms with Crippen molar-refractivity contribution in [3.8, 4) is 0 Å². The van der Waals surface area contributed by atoms with Gasteiger partial charge in [0.2, 0.25) is 5.91 Å². The van der Waals surface area contributed by atoms with Gasteiger partial charge < -0.3 is 10.6 Å². The van der Waals surface area contributed by atoms with E-state index in [0.29, 0.717) is 0 Å². The maximum atomic E-state index is 12.7. The Kier molecular flexibility index (Phi) is 5.49. The van der Waals surface area contributed by atoms with Gasteiger partial charge in [-0.1, -0.05) is 13.3 Å². The molecule has 0 radical (unpaired) electrons. The monoisotopic (exact) mass is 292 g/mol. The summed E-state index contributed by atoms with van der Waals surface area (Å²) in [6.45, 7) is 4.04. The Balaban J connectivity index is 2.07. The molecule has 0 saturated carbocycles. The van der Waals surface area contributed by atoms with Gasteiger partial charge in [0.25, 0.3) is 0 Å². The van der Waals surface area contributed by atoms with E-state index in [2.05, 4.69) is 35.9 Å². The van der Waals surface area contributed by atoms with E-state index >= 15 is 0 Å². The van der Waals surface area contributed by atoms with Crippen molar-refractivity contribution in [1.29, 1.82) is 0 Å². The summed E-state index contributed by atoms with van der Waals surface area (Å²) >= 11 is 1.71. The highest BCUT2D eigenvalue weighted by molar-refractivity contribution is 7.98. The van der Waals surface area contributed by atoms with Crippen LogP contribution in [-0.4, -0.2) is 25.3 Å². The Hall–Kier alpha value is -1.00. The summed E-state index contributed by atoms with van der Waals surface area (Å²) in [6, 6.07) is 8.08. The summed E-state index contributed by atoms with van der Waals surface area (Å²) in [5.74, 6) is 0.192. The van der Waals surface area contributed by atoms with E-state index in [1.807, 2.05) is 12.1 Å². The quantitative estimate of drug-likeness (QED) is 0.816. The van der Waals surface area contributed by atoms with Gasteiger partial charge in [-0.25, -0.2) is 0 Å². The van der Waals surface area contributed by atoms with Gasteiger partial charge in [0.05, 0.1) is 5.41 Å². The lowest BCUT2D eigenvalue weighted by atomic mass is 9.74. The molecular formula is C16H24N2OS. The largest absolute Gasteiger partial charge is 0.326 e. The van der Waals surface area contributed by atoms with Crippen molar-refractivity contribution in [3.05, 3.63) is 24.3 Å². The first-order chi connectivity index (χ1) is 9.70. The van der Waals surface area contributed by atoms with Crippen LogP contribution >= 0.6 is 11.8 Å². The van der Waals surface area contributed by atoms with E-state index in [0.717, 1.165) is 44.5 Å². The van der Waals surface area contributed by atoms with Gasteiger partial charge in [-0.2, -0.15) is 0 Å². The minimum absolute atomic E-state index is 0.182. The Morgan fingerprint density at radius 3 is 2.50 bits per heavy atom. The van der Waals surface area contributed by atoms with Crippen LogP contribution in [0.15, 0.2) is 29.2 Å². The number of carbonyl (C=O) groups excluding carboxylic acids is 1. The second-order valence-corrected chi connectivity index (χ2v) is 6.34. The molecule has 0 bridgehead atoms. The number of hydrogen-bond acceptors (Lipinski definition) is 3. The standard InChI is InChI=1S/C16H24N2OS/c1-3-8-16(9-11-17-12-10-16)15(19)18-13-4-6-14(20-2)7-5-13/h4-7,17H,3,8-12H2,1-2H3,(H,18,19). The Labute approximate surface area is 125 Å². The van der Waals surface area contributed by atoms with E-state index in [1.165, 1.54) is 4.90 Å². The van der Waals surface area contributed by atoms with Crippen molar-refractivity contribution in [2.75, 3.05) is 24.7 Å². The molecule has 3 nitrogen and oxygen atoms in total. The third kappa shape index (κ3) is 3.55. The second-order valence-electron chi connectivity index (χ2n) is 5.46. The molecule has 1 aromatic carbocycles. The Morgan fingerprint density at radius 1 is 1.30 bits per heavy atom. The molecule has 2 N–H and O–H groups in total.